The van der Waals surface area contributed by atoms with Crippen LogP contribution in [-0.4, -0.2) is 45.1 Å². The molecular formula is C34H50O5Si. The summed E-state index contributed by atoms with van der Waals surface area (Å²) in [5.74, 6) is 3.56. The average Bonchev–Trinajstić information content (AvgIpc) is 3.20. The minimum absolute atomic E-state index is 0.0189. The van der Waals surface area contributed by atoms with Crippen LogP contribution in [-0.2, 0) is 20.3 Å². The van der Waals surface area contributed by atoms with Gasteiger partial charge in [-0.2, -0.15) is 0 Å². The summed E-state index contributed by atoms with van der Waals surface area (Å²) in [5, 5.41) is 12.9. The molecule has 6 aliphatic rings. The van der Waals surface area contributed by atoms with Crippen molar-refractivity contribution < 1.29 is 23.7 Å². The lowest BCUT2D eigenvalue weighted by atomic mass is 9.37. The van der Waals surface area contributed by atoms with E-state index >= 15 is 0 Å². The third-order valence-electron chi connectivity index (χ3n) is 12.1. The molecule has 1 aromatic carbocycles. The van der Waals surface area contributed by atoms with Crippen LogP contribution in [0.4, 0.5) is 0 Å². The van der Waals surface area contributed by atoms with Gasteiger partial charge in [0.05, 0.1) is 31.7 Å². The van der Waals surface area contributed by atoms with E-state index in [1.54, 1.807) is 7.11 Å². The van der Waals surface area contributed by atoms with Crippen LogP contribution in [0.5, 0.6) is 5.75 Å². The van der Waals surface area contributed by atoms with Gasteiger partial charge in [-0.1, -0.05) is 26.8 Å². The van der Waals surface area contributed by atoms with Crippen LogP contribution in [0.2, 0.25) is 19.6 Å². The Morgan fingerprint density at radius 1 is 1.02 bits per heavy atom. The standard InChI is InChI=1S/C34H50O5Si/c1-30(2)20-37-34(38-21-30)15-14-32-17-22-16-23(36-4)8-9-24(22)26-18-31(3)27(10-11-28(31)39-40(5,6)7)25(29(26)32)12-13-33(32,35)19-34/h8-9,11,16,25-27,29,35H,10,12-15,17-21H2,1-7H3/t25-,26?,27-,29?,31-,32-,33+/m0/s1. The second-order valence-corrected chi connectivity index (χ2v) is 20.8. The van der Waals surface area contributed by atoms with E-state index in [1.165, 1.54) is 16.9 Å². The second kappa shape index (κ2) is 8.61. The van der Waals surface area contributed by atoms with E-state index in [1.807, 2.05) is 0 Å². The molecule has 0 radical (unpaired) electrons. The summed E-state index contributed by atoms with van der Waals surface area (Å²) >= 11 is 0. The van der Waals surface area contributed by atoms with Gasteiger partial charge in [0.2, 0.25) is 8.32 Å². The lowest BCUT2D eigenvalue weighted by molar-refractivity contribution is -0.357. The molecule has 1 N–H and O–H groups in total. The van der Waals surface area contributed by atoms with Gasteiger partial charge in [0.1, 0.15) is 5.75 Å². The number of hydrogen-bond acceptors (Lipinski definition) is 5. The Kier molecular flexibility index (Phi) is 5.92. The van der Waals surface area contributed by atoms with Crippen molar-refractivity contribution in [3.8, 4) is 5.75 Å². The van der Waals surface area contributed by atoms with Crippen molar-refractivity contribution in [3.05, 3.63) is 41.2 Å². The normalized spacial score (nSPS) is 42.6. The smallest absolute Gasteiger partial charge is 0.241 e. The van der Waals surface area contributed by atoms with Gasteiger partial charge in [0, 0.05) is 29.1 Å². The number of allylic oxidation sites excluding steroid dienone is 2. The molecular weight excluding hydrogens is 516 g/mol. The van der Waals surface area contributed by atoms with Crippen LogP contribution in [0.15, 0.2) is 30.0 Å². The van der Waals surface area contributed by atoms with E-state index in [2.05, 4.69) is 64.7 Å². The van der Waals surface area contributed by atoms with Crippen molar-refractivity contribution in [1.82, 2.24) is 0 Å². The minimum atomic E-state index is -1.73. The van der Waals surface area contributed by atoms with Crippen LogP contribution in [0, 0.1) is 34.0 Å². The average molecular weight is 567 g/mol. The fraction of sp³-hybridized carbons (Fsp3) is 0.765. The molecule has 5 aliphatic carbocycles. The molecule has 5 nitrogen and oxygen atoms in total. The fourth-order valence-electron chi connectivity index (χ4n) is 10.4. The molecule has 3 saturated carbocycles. The maximum absolute atomic E-state index is 12.9. The van der Waals surface area contributed by atoms with Crippen LogP contribution < -0.4 is 4.74 Å². The maximum atomic E-state index is 12.9. The van der Waals surface area contributed by atoms with Crippen molar-refractivity contribution in [1.29, 1.82) is 0 Å². The number of fused-ring (bicyclic) bond motifs is 4. The molecule has 40 heavy (non-hydrogen) atoms. The Morgan fingerprint density at radius 2 is 1.77 bits per heavy atom. The summed E-state index contributed by atoms with van der Waals surface area (Å²) in [6, 6.07) is 6.77. The quantitative estimate of drug-likeness (QED) is 0.392. The topological polar surface area (TPSA) is 57.2 Å². The van der Waals surface area contributed by atoms with Gasteiger partial charge >= 0.3 is 0 Å². The minimum Gasteiger partial charge on any atom is -0.547 e. The van der Waals surface area contributed by atoms with Crippen molar-refractivity contribution >= 4 is 8.32 Å². The molecule has 2 unspecified atom stereocenters. The van der Waals surface area contributed by atoms with Gasteiger partial charge in [-0.05, 0) is 111 Å². The first-order valence-electron chi connectivity index (χ1n) is 15.8. The summed E-state index contributed by atoms with van der Waals surface area (Å²) in [5.41, 5.74) is 1.95. The SMILES string of the molecule is COc1ccc2c(c1)C[C@]13CCC4(C[C@]1(O)CC[C@@H]1C3C2C[C@]2(C)C(O[Si](C)(C)C)=CC[C@@H]12)OCC(C)(C)CO4. The number of aliphatic hydroxyl groups is 1. The molecule has 0 aromatic heterocycles. The fourth-order valence-corrected chi connectivity index (χ4v) is 11.4. The molecule has 0 amide bonds. The Morgan fingerprint density at radius 3 is 2.48 bits per heavy atom. The van der Waals surface area contributed by atoms with E-state index in [0.717, 1.165) is 50.7 Å². The van der Waals surface area contributed by atoms with Gasteiger partial charge in [0.15, 0.2) is 5.79 Å². The van der Waals surface area contributed by atoms with Gasteiger partial charge < -0.3 is 23.7 Å². The molecule has 220 valence electrons. The highest BCUT2D eigenvalue weighted by molar-refractivity contribution is 6.70. The van der Waals surface area contributed by atoms with Crippen molar-refractivity contribution in [2.45, 2.75) is 109 Å². The van der Waals surface area contributed by atoms with Crippen LogP contribution in [0.25, 0.3) is 0 Å². The third-order valence-corrected chi connectivity index (χ3v) is 12.9. The van der Waals surface area contributed by atoms with E-state index in [9.17, 15) is 5.11 Å². The molecule has 1 saturated heterocycles. The zero-order valence-electron chi connectivity index (χ0n) is 25.8. The highest BCUT2D eigenvalue weighted by Crippen LogP contribution is 2.74. The Hall–Kier alpha value is -1.34. The number of rotatable bonds is 3. The predicted molar refractivity (Wildman–Crippen MR) is 159 cm³/mol. The number of ether oxygens (including phenoxy) is 3. The number of hydrogen-bond donors (Lipinski definition) is 1. The van der Waals surface area contributed by atoms with Crippen molar-refractivity contribution in [2.75, 3.05) is 20.3 Å². The Labute approximate surface area is 242 Å². The summed E-state index contributed by atoms with van der Waals surface area (Å²) in [6.07, 6.45) is 9.88. The molecule has 4 fully saturated rings. The van der Waals surface area contributed by atoms with E-state index in [0.29, 0.717) is 43.3 Å². The first-order valence-corrected chi connectivity index (χ1v) is 19.2. The van der Waals surface area contributed by atoms with E-state index in [-0.39, 0.29) is 16.2 Å². The largest absolute Gasteiger partial charge is 0.547 e. The van der Waals surface area contributed by atoms with Gasteiger partial charge in [0.25, 0.3) is 0 Å². The van der Waals surface area contributed by atoms with Crippen molar-refractivity contribution in [2.24, 2.45) is 34.0 Å². The summed E-state index contributed by atoms with van der Waals surface area (Å²) in [6.45, 7) is 15.2. The maximum Gasteiger partial charge on any atom is 0.241 e. The highest BCUT2D eigenvalue weighted by atomic mass is 28.4. The monoisotopic (exact) mass is 566 g/mol. The van der Waals surface area contributed by atoms with Gasteiger partial charge in [-0.3, -0.25) is 0 Å². The molecule has 7 rings (SSSR count). The summed E-state index contributed by atoms with van der Waals surface area (Å²) < 4.78 is 25.6. The number of benzene rings is 1. The lowest BCUT2D eigenvalue weighted by Crippen LogP contribution is -2.70. The molecule has 2 spiro atoms. The second-order valence-electron chi connectivity index (χ2n) is 16.3. The van der Waals surface area contributed by atoms with Crippen LogP contribution in [0.1, 0.15) is 82.8 Å². The zero-order chi connectivity index (χ0) is 28.3. The molecule has 7 atom stereocenters. The van der Waals surface area contributed by atoms with Gasteiger partial charge in [-0.25, -0.2) is 0 Å². The molecule has 1 heterocycles. The predicted octanol–water partition coefficient (Wildman–Crippen LogP) is 7.20. The van der Waals surface area contributed by atoms with E-state index in [4.69, 9.17) is 18.6 Å². The highest BCUT2D eigenvalue weighted by Gasteiger charge is 2.71. The molecule has 6 heteroatoms. The lowest BCUT2D eigenvalue weighted by Gasteiger charge is -2.70. The first kappa shape index (κ1) is 27.5. The molecule has 1 aromatic rings. The molecule has 1 aliphatic heterocycles. The van der Waals surface area contributed by atoms with Crippen LogP contribution in [0.3, 0.4) is 0 Å². The van der Waals surface area contributed by atoms with Crippen LogP contribution >= 0.6 is 0 Å². The summed E-state index contributed by atoms with van der Waals surface area (Å²) in [4.78, 5) is 0. The van der Waals surface area contributed by atoms with Crippen molar-refractivity contribution in [3.63, 3.8) is 0 Å². The Bertz CT molecular complexity index is 1220. The van der Waals surface area contributed by atoms with Gasteiger partial charge in [-0.15, -0.1) is 0 Å². The number of methoxy groups -OCH3 is 1. The zero-order valence-corrected chi connectivity index (χ0v) is 26.8. The summed E-state index contributed by atoms with van der Waals surface area (Å²) in [7, 11) is 0.0297. The van der Waals surface area contributed by atoms with E-state index < -0.39 is 19.7 Å². The Balaban J connectivity index is 1.31. The third kappa shape index (κ3) is 3.88. The first-order chi connectivity index (χ1) is 18.7. The molecule has 0 bridgehead atoms.